The van der Waals surface area contributed by atoms with E-state index in [1.54, 1.807) is 12.1 Å². The van der Waals surface area contributed by atoms with Crippen molar-refractivity contribution >= 4 is 11.8 Å². The lowest BCUT2D eigenvalue weighted by Gasteiger charge is -2.08. The molecule has 0 aromatic heterocycles. The van der Waals surface area contributed by atoms with Gasteiger partial charge in [-0.15, -0.1) is 0 Å². The van der Waals surface area contributed by atoms with Crippen LogP contribution in [0.4, 0.5) is 5.69 Å². The third-order valence-electron chi connectivity index (χ3n) is 1.96. The van der Waals surface area contributed by atoms with Gasteiger partial charge in [-0.3, -0.25) is 0 Å². The molecule has 0 saturated carbocycles. The molecule has 1 aliphatic rings. The van der Waals surface area contributed by atoms with Gasteiger partial charge in [0.2, 0.25) is 6.08 Å². The van der Waals surface area contributed by atoms with Crippen molar-refractivity contribution in [3.8, 4) is 0 Å². The van der Waals surface area contributed by atoms with Gasteiger partial charge >= 0.3 is 0 Å². The smallest absolute Gasteiger partial charge is 0.240 e. The Kier molecular flexibility index (Phi) is 2.70. The lowest BCUT2D eigenvalue weighted by molar-refractivity contribution is -0.0441. The number of hydrogen-bond acceptors (Lipinski definition) is 4. The Morgan fingerprint density at radius 3 is 2.43 bits per heavy atom. The summed E-state index contributed by atoms with van der Waals surface area (Å²) in [7, 11) is 0. The highest BCUT2D eigenvalue weighted by atomic mass is 16.7. The van der Waals surface area contributed by atoms with Crippen molar-refractivity contribution in [1.29, 1.82) is 0 Å². The molecule has 0 N–H and O–H groups in total. The average molecular weight is 191 g/mol. The summed E-state index contributed by atoms with van der Waals surface area (Å²) in [6.07, 6.45) is 1.21. The molecule has 4 heteroatoms. The van der Waals surface area contributed by atoms with E-state index >= 15 is 0 Å². The molecule has 1 aromatic rings. The summed E-state index contributed by atoms with van der Waals surface area (Å²) in [5, 5.41) is 0. The van der Waals surface area contributed by atoms with Crippen molar-refractivity contribution in [3.05, 3.63) is 29.8 Å². The molecule has 2 rings (SSSR count). The second-order valence-corrected chi connectivity index (χ2v) is 2.87. The van der Waals surface area contributed by atoms with Gasteiger partial charge in [0.1, 0.15) is 0 Å². The number of hydrogen-bond donors (Lipinski definition) is 0. The van der Waals surface area contributed by atoms with Gasteiger partial charge in [-0.05, 0) is 12.1 Å². The summed E-state index contributed by atoms with van der Waals surface area (Å²) in [5.41, 5.74) is 1.52. The fourth-order valence-electron chi connectivity index (χ4n) is 1.31. The van der Waals surface area contributed by atoms with E-state index in [2.05, 4.69) is 4.99 Å². The van der Waals surface area contributed by atoms with Gasteiger partial charge in [0.05, 0.1) is 18.9 Å². The first-order valence-electron chi connectivity index (χ1n) is 4.31. The Morgan fingerprint density at radius 1 is 1.21 bits per heavy atom. The predicted molar refractivity (Wildman–Crippen MR) is 48.9 cm³/mol. The SMILES string of the molecule is O=C=Nc1ccc(C2OCCO2)cc1. The number of benzene rings is 1. The molecule has 0 unspecified atom stereocenters. The van der Waals surface area contributed by atoms with E-state index in [0.717, 1.165) is 5.56 Å². The molecule has 72 valence electrons. The van der Waals surface area contributed by atoms with Crippen LogP contribution in [0.5, 0.6) is 0 Å². The van der Waals surface area contributed by atoms with Crippen molar-refractivity contribution in [1.82, 2.24) is 0 Å². The van der Waals surface area contributed by atoms with Crippen LogP contribution in [-0.4, -0.2) is 19.3 Å². The van der Waals surface area contributed by atoms with E-state index in [4.69, 9.17) is 9.47 Å². The molecule has 0 aliphatic carbocycles. The summed E-state index contributed by atoms with van der Waals surface area (Å²) >= 11 is 0. The van der Waals surface area contributed by atoms with Crippen molar-refractivity contribution in [2.45, 2.75) is 6.29 Å². The normalized spacial score (nSPS) is 16.6. The van der Waals surface area contributed by atoms with E-state index in [9.17, 15) is 4.79 Å². The summed E-state index contributed by atoms with van der Waals surface area (Å²) in [6, 6.07) is 7.11. The Morgan fingerprint density at radius 2 is 1.86 bits per heavy atom. The van der Waals surface area contributed by atoms with E-state index in [-0.39, 0.29) is 6.29 Å². The Bertz CT molecular complexity index is 348. The largest absolute Gasteiger partial charge is 0.346 e. The predicted octanol–water partition coefficient (Wildman–Crippen LogP) is 1.70. The highest BCUT2D eigenvalue weighted by molar-refractivity contribution is 5.49. The fraction of sp³-hybridized carbons (Fsp3) is 0.300. The number of isocyanates is 1. The zero-order chi connectivity index (χ0) is 9.80. The fourth-order valence-corrected chi connectivity index (χ4v) is 1.31. The molecule has 1 aliphatic heterocycles. The van der Waals surface area contributed by atoms with Gasteiger partial charge in [0.25, 0.3) is 0 Å². The molecule has 0 amide bonds. The minimum absolute atomic E-state index is 0.274. The number of nitrogens with zero attached hydrogens (tertiary/aromatic N) is 1. The van der Waals surface area contributed by atoms with Gasteiger partial charge < -0.3 is 9.47 Å². The van der Waals surface area contributed by atoms with Crippen LogP contribution in [0.3, 0.4) is 0 Å². The molecule has 0 atom stereocenters. The summed E-state index contributed by atoms with van der Waals surface area (Å²) in [5.74, 6) is 0. The van der Waals surface area contributed by atoms with E-state index < -0.39 is 0 Å². The van der Waals surface area contributed by atoms with E-state index in [1.165, 1.54) is 6.08 Å². The van der Waals surface area contributed by atoms with Crippen molar-refractivity contribution in [2.75, 3.05) is 13.2 Å². The molecule has 0 bridgehead atoms. The van der Waals surface area contributed by atoms with Crippen molar-refractivity contribution < 1.29 is 14.3 Å². The van der Waals surface area contributed by atoms with Gasteiger partial charge in [-0.2, -0.15) is 4.99 Å². The monoisotopic (exact) mass is 191 g/mol. The topological polar surface area (TPSA) is 47.9 Å². The van der Waals surface area contributed by atoms with Crippen molar-refractivity contribution in [2.24, 2.45) is 4.99 Å². The zero-order valence-corrected chi connectivity index (χ0v) is 7.47. The lowest BCUT2D eigenvalue weighted by atomic mass is 10.2. The van der Waals surface area contributed by atoms with Crippen LogP contribution in [0.1, 0.15) is 11.9 Å². The molecule has 1 fully saturated rings. The first-order valence-corrected chi connectivity index (χ1v) is 4.31. The molecule has 14 heavy (non-hydrogen) atoms. The number of carbonyl (C=O) groups excluding carboxylic acids is 1. The average Bonchev–Trinajstić information content (AvgIpc) is 2.72. The molecule has 1 aromatic carbocycles. The summed E-state index contributed by atoms with van der Waals surface area (Å²) in [4.78, 5) is 13.5. The summed E-state index contributed by atoms with van der Waals surface area (Å²) in [6.45, 7) is 1.25. The van der Waals surface area contributed by atoms with Gasteiger partial charge in [-0.25, -0.2) is 4.79 Å². The first-order chi connectivity index (χ1) is 6.90. The third kappa shape index (κ3) is 1.88. The maximum atomic E-state index is 9.97. The number of ether oxygens (including phenoxy) is 2. The summed E-state index contributed by atoms with van der Waals surface area (Å²) < 4.78 is 10.6. The second-order valence-electron chi connectivity index (χ2n) is 2.87. The van der Waals surface area contributed by atoms with Gasteiger partial charge in [0.15, 0.2) is 6.29 Å². The molecule has 4 nitrogen and oxygen atoms in total. The van der Waals surface area contributed by atoms with Crippen LogP contribution in [0, 0.1) is 0 Å². The quantitative estimate of drug-likeness (QED) is 0.528. The van der Waals surface area contributed by atoms with Crippen LogP contribution in [0.2, 0.25) is 0 Å². The van der Waals surface area contributed by atoms with Crippen LogP contribution >= 0.6 is 0 Å². The highest BCUT2D eigenvalue weighted by Crippen LogP contribution is 2.24. The maximum absolute atomic E-state index is 9.97. The standard InChI is InChI=1S/C10H9NO3/c12-7-11-9-3-1-8(2-4-9)10-13-5-6-14-10/h1-4,10H,5-6H2. The van der Waals surface area contributed by atoms with Crippen LogP contribution < -0.4 is 0 Å². The zero-order valence-electron chi connectivity index (χ0n) is 7.47. The van der Waals surface area contributed by atoms with Crippen LogP contribution in [-0.2, 0) is 14.3 Å². The second kappa shape index (κ2) is 4.15. The Labute approximate surface area is 81.2 Å². The molecule has 0 spiro atoms. The van der Waals surface area contributed by atoms with Gasteiger partial charge in [0, 0.05) is 5.56 Å². The van der Waals surface area contributed by atoms with Gasteiger partial charge in [-0.1, -0.05) is 12.1 Å². The molecule has 0 radical (unpaired) electrons. The molecule has 1 heterocycles. The third-order valence-corrected chi connectivity index (χ3v) is 1.96. The van der Waals surface area contributed by atoms with Crippen molar-refractivity contribution in [3.63, 3.8) is 0 Å². The maximum Gasteiger partial charge on any atom is 0.240 e. The van der Waals surface area contributed by atoms with Crippen LogP contribution in [0.15, 0.2) is 29.3 Å². The van der Waals surface area contributed by atoms with E-state index in [0.29, 0.717) is 18.9 Å². The Balaban J connectivity index is 2.16. The van der Waals surface area contributed by atoms with Crippen LogP contribution in [0.25, 0.3) is 0 Å². The molecule has 1 saturated heterocycles. The van der Waals surface area contributed by atoms with E-state index in [1.807, 2.05) is 12.1 Å². The first kappa shape index (κ1) is 9.09. The molecular weight excluding hydrogens is 182 g/mol. The Hall–Kier alpha value is -1.48. The lowest BCUT2D eigenvalue weighted by Crippen LogP contribution is -1.96. The minimum Gasteiger partial charge on any atom is -0.346 e. The minimum atomic E-state index is -0.274. The highest BCUT2D eigenvalue weighted by Gasteiger charge is 2.17. The number of rotatable bonds is 2. The number of aliphatic imine (C=N–C) groups is 1. The molecular formula is C10H9NO3.